The Morgan fingerprint density at radius 1 is 1.63 bits per heavy atom. The van der Waals surface area contributed by atoms with E-state index in [1.807, 2.05) is 6.07 Å². The molecular weight excluding hydrogens is 314 g/mol. The summed E-state index contributed by atoms with van der Waals surface area (Å²) in [6.07, 6.45) is 1.82. The number of hydrogen-bond donors (Lipinski definition) is 1. The van der Waals surface area contributed by atoms with Crippen molar-refractivity contribution < 1.29 is 14.3 Å². The Bertz CT molecular complexity index is 507. The topological polar surface area (TPSA) is 71.5 Å². The van der Waals surface area contributed by atoms with Gasteiger partial charge < -0.3 is 9.64 Å². The fraction of sp³-hybridized carbons (Fsp3) is 0.417. The van der Waals surface area contributed by atoms with E-state index in [1.165, 1.54) is 0 Å². The summed E-state index contributed by atoms with van der Waals surface area (Å²) in [5.74, 6) is 0.272. The van der Waals surface area contributed by atoms with E-state index in [1.54, 1.807) is 18.0 Å². The fourth-order valence-electron chi connectivity index (χ4n) is 1.81. The van der Waals surface area contributed by atoms with Gasteiger partial charge in [-0.1, -0.05) is 0 Å². The second-order valence-electron chi connectivity index (χ2n) is 4.07. The van der Waals surface area contributed by atoms with Gasteiger partial charge in [0, 0.05) is 22.8 Å². The molecule has 0 radical (unpaired) electrons. The molecule has 0 saturated heterocycles. The van der Waals surface area contributed by atoms with Crippen LogP contribution in [-0.4, -0.2) is 35.0 Å². The number of halogens is 1. The molecule has 1 aliphatic rings. The van der Waals surface area contributed by atoms with Crippen molar-refractivity contribution in [3.8, 4) is 0 Å². The SMILES string of the molecule is CCOC(=O)CCN1Cc2cc(Br)cnc2NC1=O. The average molecular weight is 328 g/mol. The molecule has 2 rings (SSSR count). The summed E-state index contributed by atoms with van der Waals surface area (Å²) in [6, 6.07) is 1.66. The van der Waals surface area contributed by atoms with E-state index in [9.17, 15) is 9.59 Å². The molecule has 19 heavy (non-hydrogen) atoms. The van der Waals surface area contributed by atoms with Gasteiger partial charge in [-0.15, -0.1) is 0 Å². The highest BCUT2D eigenvalue weighted by molar-refractivity contribution is 9.10. The highest BCUT2D eigenvalue weighted by atomic mass is 79.9. The number of esters is 1. The van der Waals surface area contributed by atoms with Crippen LogP contribution in [0.5, 0.6) is 0 Å². The van der Waals surface area contributed by atoms with Crippen LogP contribution in [0.25, 0.3) is 0 Å². The molecule has 0 aromatic carbocycles. The van der Waals surface area contributed by atoms with Gasteiger partial charge in [0.2, 0.25) is 0 Å². The number of carbonyl (C=O) groups excluding carboxylic acids is 2. The lowest BCUT2D eigenvalue weighted by atomic mass is 10.2. The number of nitrogens with zero attached hydrogens (tertiary/aromatic N) is 2. The Morgan fingerprint density at radius 2 is 2.42 bits per heavy atom. The number of rotatable bonds is 4. The molecule has 7 heteroatoms. The van der Waals surface area contributed by atoms with E-state index < -0.39 is 0 Å². The normalized spacial score (nSPS) is 13.8. The van der Waals surface area contributed by atoms with Crippen LogP contribution in [0.2, 0.25) is 0 Å². The van der Waals surface area contributed by atoms with Crippen molar-refractivity contribution in [2.45, 2.75) is 19.9 Å². The van der Waals surface area contributed by atoms with Gasteiger partial charge >= 0.3 is 12.0 Å². The molecular formula is C12H14BrN3O3. The van der Waals surface area contributed by atoms with Crippen LogP contribution in [0.1, 0.15) is 18.9 Å². The zero-order chi connectivity index (χ0) is 13.8. The maximum absolute atomic E-state index is 11.8. The molecule has 0 bridgehead atoms. The van der Waals surface area contributed by atoms with Gasteiger partial charge in [-0.25, -0.2) is 9.78 Å². The van der Waals surface area contributed by atoms with E-state index in [4.69, 9.17) is 4.74 Å². The Balaban J connectivity index is 2.00. The molecule has 2 amide bonds. The Morgan fingerprint density at radius 3 is 3.16 bits per heavy atom. The number of ether oxygens (including phenoxy) is 1. The molecule has 1 N–H and O–H groups in total. The van der Waals surface area contributed by atoms with Crippen LogP contribution in [-0.2, 0) is 16.1 Å². The largest absolute Gasteiger partial charge is 0.466 e. The minimum Gasteiger partial charge on any atom is -0.466 e. The third-order valence-electron chi connectivity index (χ3n) is 2.70. The average Bonchev–Trinajstić information content (AvgIpc) is 2.37. The zero-order valence-corrected chi connectivity index (χ0v) is 12.1. The zero-order valence-electron chi connectivity index (χ0n) is 10.5. The lowest BCUT2D eigenvalue weighted by Crippen LogP contribution is -2.40. The van der Waals surface area contributed by atoms with Gasteiger partial charge in [0.1, 0.15) is 5.82 Å². The summed E-state index contributed by atoms with van der Waals surface area (Å²) in [5, 5.41) is 2.70. The Kier molecular flexibility index (Phi) is 4.36. The number of carbonyl (C=O) groups is 2. The minimum absolute atomic E-state index is 0.192. The standard InChI is InChI=1S/C12H14BrN3O3/c1-2-19-10(17)3-4-16-7-8-5-9(13)6-14-11(8)15-12(16)18/h5-6H,2-4,7H2,1H3,(H,14,15,18). The maximum atomic E-state index is 11.8. The molecule has 0 atom stereocenters. The van der Waals surface area contributed by atoms with Crippen LogP contribution in [0.4, 0.5) is 10.6 Å². The molecule has 1 aromatic rings. The van der Waals surface area contributed by atoms with E-state index in [-0.39, 0.29) is 18.4 Å². The molecule has 2 heterocycles. The van der Waals surface area contributed by atoms with Crippen molar-refractivity contribution in [1.29, 1.82) is 0 Å². The van der Waals surface area contributed by atoms with Gasteiger partial charge in [0.25, 0.3) is 0 Å². The summed E-state index contributed by atoms with van der Waals surface area (Å²) >= 11 is 3.34. The molecule has 0 fully saturated rings. The van der Waals surface area contributed by atoms with Crippen LogP contribution in [0.15, 0.2) is 16.7 Å². The lowest BCUT2D eigenvalue weighted by Gasteiger charge is -2.28. The number of aromatic nitrogens is 1. The third-order valence-corrected chi connectivity index (χ3v) is 3.13. The van der Waals surface area contributed by atoms with Gasteiger partial charge in [-0.3, -0.25) is 10.1 Å². The lowest BCUT2D eigenvalue weighted by molar-refractivity contribution is -0.143. The first-order valence-corrected chi connectivity index (χ1v) is 6.75. The first-order valence-electron chi connectivity index (χ1n) is 5.96. The van der Waals surface area contributed by atoms with Gasteiger partial charge in [0.15, 0.2) is 0 Å². The monoisotopic (exact) mass is 327 g/mol. The summed E-state index contributed by atoms with van der Waals surface area (Å²) in [5.41, 5.74) is 0.915. The number of amides is 2. The molecule has 6 nitrogen and oxygen atoms in total. The quantitative estimate of drug-likeness (QED) is 0.860. The second kappa shape index (κ2) is 6.01. The van der Waals surface area contributed by atoms with Gasteiger partial charge in [-0.2, -0.15) is 0 Å². The number of anilines is 1. The molecule has 0 saturated carbocycles. The van der Waals surface area contributed by atoms with Crippen molar-refractivity contribution in [2.75, 3.05) is 18.5 Å². The third kappa shape index (κ3) is 3.44. The first-order chi connectivity index (χ1) is 9.10. The van der Waals surface area contributed by atoms with Crippen molar-refractivity contribution in [3.05, 3.63) is 22.3 Å². The van der Waals surface area contributed by atoms with Gasteiger partial charge in [0.05, 0.1) is 19.6 Å². The van der Waals surface area contributed by atoms with E-state index in [0.717, 1.165) is 10.0 Å². The fourth-order valence-corrected chi connectivity index (χ4v) is 2.19. The summed E-state index contributed by atoms with van der Waals surface area (Å²) in [7, 11) is 0. The molecule has 0 unspecified atom stereocenters. The molecule has 102 valence electrons. The summed E-state index contributed by atoms with van der Waals surface area (Å²) in [4.78, 5) is 28.8. The smallest absolute Gasteiger partial charge is 0.323 e. The Labute approximate surface area is 119 Å². The van der Waals surface area contributed by atoms with Crippen molar-refractivity contribution >= 4 is 33.7 Å². The van der Waals surface area contributed by atoms with Crippen LogP contribution >= 0.6 is 15.9 Å². The Hall–Kier alpha value is -1.63. The van der Waals surface area contributed by atoms with E-state index in [2.05, 4.69) is 26.2 Å². The molecule has 0 aliphatic carbocycles. The second-order valence-corrected chi connectivity index (χ2v) is 4.98. The van der Waals surface area contributed by atoms with Crippen molar-refractivity contribution in [1.82, 2.24) is 9.88 Å². The van der Waals surface area contributed by atoms with Crippen LogP contribution in [0, 0.1) is 0 Å². The molecule has 1 aliphatic heterocycles. The minimum atomic E-state index is -0.298. The van der Waals surface area contributed by atoms with E-state index in [0.29, 0.717) is 25.5 Å². The molecule has 0 spiro atoms. The predicted octanol–water partition coefficient (Wildman–Crippen LogP) is 2.14. The highest BCUT2D eigenvalue weighted by Gasteiger charge is 2.24. The van der Waals surface area contributed by atoms with Gasteiger partial charge in [-0.05, 0) is 28.9 Å². The number of nitrogens with one attached hydrogen (secondary N) is 1. The van der Waals surface area contributed by atoms with Crippen molar-refractivity contribution in [3.63, 3.8) is 0 Å². The maximum Gasteiger partial charge on any atom is 0.323 e. The first kappa shape index (κ1) is 13.8. The summed E-state index contributed by atoms with van der Waals surface area (Å²) < 4.78 is 5.69. The molecule has 1 aromatic heterocycles. The highest BCUT2D eigenvalue weighted by Crippen LogP contribution is 2.24. The predicted molar refractivity (Wildman–Crippen MR) is 72.6 cm³/mol. The van der Waals surface area contributed by atoms with Crippen LogP contribution < -0.4 is 5.32 Å². The number of pyridine rings is 1. The van der Waals surface area contributed by atoms with E-state index >= 15 is 0 Å². The summed E-state index contributed by atoms with van der Waals surface area (Å²) in [6.45, 7) is 2.87. The number of urea groups is 1. The van der Waals surface area contributed by atoms with Crippen LogP contribution in [0.3, 0.4) is 0 Å². The van der Waals surface area contributed by atoms with Crippen molar-refractivity contribution in [2.24, 2.45) is 0 Å². The number of hydrogen-bond acceptors (Lipinski definition) is 4. The number of fused-ring (bicyclic) bond motifs is 1.